The first-order valence-corrected chi connectivity index (χ1v) is 9.88. The van der Waals surface area contributed by atoms with Gasteiger partial charge in [-0.25, -0.2) is 4.79 Å². The quantitative estimate of drug-likeness (QED) is 0.756. The molecule has 8 nitrogen and oxygen atoms in total. The molecule has 2 saturated heterocycles. The number of aliphatic hydroxyl groups excluding tert-OH is 1. The number of rotatable bonds is 5. The van der Waals surface area contributed by atoms with Crippen molar-refractivity contribution in [1.82, 2.24) is 14.7 Å². The second-order valence-electron chi connectivity index (χ2n) is 7.98. The van der Waals surface area contributed by atoms with Crippen LogP contribution in [0.25, 0.3) is 0 Å². The number of likely N-dealkylation sites (tertiary alicyclic amines) is 1. The van der Waals surface area contributed by atoms with Crippen molar-refractivity contribution in [2.45, 2.75) is 32.2 Å². The predicted octanol–water partition coefficient (Wildman–Crippen LogP) is 1.45. The number of imide groups is 1. The molecule has 4 amide bonds. The number of aliphatic hydroxyl groups is 1. The van der Waals surface area contributed by atoms with E-state index in [9.17, 15) is 19.5 Å². The first-order chi connectivity index (χ1) is 13.8. The van der Waals surface area contributed by atoms with Crippen molar-refractivity contribution in [2.75, 3.05) is 32.8 Å². The van der Waals surface area contributed by atoms with Gasteiger partial charge in [-0.3, -0.25) is 14.5 Å². The zero-order valence-electron chi connectivity index (χ0n) is 16.8. The van der Waals surface area contributed by atoms with Crippen LogP contribution in [0.2, 0.25) is 0 Å². The van der Waals surface area contributed by atoms with Gasteiger partial charge in [-0.2, -0.15) is 5.26 Å². The van der Waals surface area contributed by atoms with E-state index < -0.39 is 5.54 Å². The van der Waals surface area contributed by atoms with E-state index in [1.165, 1.54) is 0 Å². The monoisotopic (exact) mass is 398 g/mol. The van der Waals surface area contributed by atoms with Crippen LogP contribution in [0, 0.1) is 17.2 Å². The van der Waals surface area contributed by atoms with E-state index in [0.717, 1.165) is 4.90 Å². The molecule has 1 aromatic carbocycles. The number of nitriles is 1. The van der Waals surface area contributed by atoms with Gasteiger partial charge in [-0.05, 0) is 43.0 Å². The summed E-state index contributed by atoms with van der Waals surface area (Å²) in [5, 5.41) is 18.2. The van der Waals surface area contributed by atoms with Gasteiger partial charge in [0.05, 0.1) is 24.8 Å². The van der Waals surface area contributed by atoms with Crippen molar-refractivity contribution in [3.8, 4) is 6.07 Å². The van der Waals surface area contributed by atoms with Gasteiger partial charge in [-0.1, -0.05) is 13.8 Å². The fraction of sp³-hybridized carbons (Fsp3) is 0.524. The van der Waals surface area contributed by atoms with Crippen molar-refractivity contribution in [3.05, 3.63) is 35.4 Å². The van der Waals surface area contributed by atoms with Crippen molar-refractivity contribution < 1.29 is 19.5 Å². The van der Waals surface area contributed by atoms with E-state index in [1.54, 1.807) is 34.1 Å². The second-order valence-corrected chi connectivity index (χ2v) is 7.98. The summed E-state index contributed by atoms with van der Waals surface area (Å²) in [4.78, 5) is 43.2. The number of hydrogen-bond acceptors (Lipinski definition) is 5. The summed E-state index contributed by atoms with van der Waals surface area (Å²) in [6.07, 6.45) is 0.739. The van der Waals surface area contributed by atoms with Gasteiger partial charge in [-0.15, -0.1) is 0 Å². The highest BCUT2D eigenvalue weighted by Crippen LogP contribution is 2.38. The van der Waals surface area contributed by atoms with Gasteiger partial charge < -0.3 is 14.9 Å². The predicted molar refractivity (Wildman–Crippen MR) is 105 cm³/mol. The number of piperidine rings is 1. The maximum Gasteiger partial charge on any atom is 0.327 e. The first kappa shape index (κ1) is 20.8. The molecule has 1 N–H and O–H groups in total. The smallest absolute Gasteiger partial charge is 0.327 e. The molecule has 0 aliphatic carbocycles. The summed E-state index contributed by atoms with van der Waals surface area (Å²) in [6.45, 7) is 4.87. The summed E-state index contributed by atoms with van der Waals surface area (Å²) in [5.41, 5.74) is 0.0371. The Morgan fingerprint density at radius 2 is 1.83 bits per heavy atom. The third-order valence-electron chi connectivity index (χ3n) is 5.63. The Balaban J connectivity index is 1.78. The van der Waals surface area contributed by atoms with E-state index in [4.69, 9.17) is 5.26 Å². The van der Waals surface area contributed by atoms with Crippen molar-refractivity contribution in [2.24, 2.45) is 5.92 Å². The summed E-state index contributed by atoms with van der Waals surface area (Å²) in [5.74, 6) is -0.234. The fourth-order valence-corrected chi connectivity index (χ4v) is 4.13. The average Bonchev–Trinajstić information content (AvgIpc) is 2.90. The van der Waals surface area contributed by atoms with Crippen LogP contribution in [0.4, 0.5) is 4.79 Å². The number of carbonyl (C=O) groups excluding carboxylic acids is 3. The van der Waals surface area contributed by atoms with E-state index in [-0.39, 0.29) is 36.9 Å². The van der Waals surface area contributed by atoms with Crippen molar-refractivity contribution >= 4 is 17.8 Å². The number of β-amino-alcohol motifs (C(OH)–C–C–N with tert-alkyl or cyclic N) is 1. The molecule has 3 rings (SSSR count). The highest BCUT2D eigenvalue weighted by atomic mass is 16.3. The number of carbonyl (C=O) groups is 3. The third kappa shape index (κ3) is 3.70. The van der Waals surface area contributed by atoms with Crippen LogP contribution in [0.5, 0.6) is 0 Å². The SMILES string of the molecule is CC(C)CN1C(=O)N(CCO)C(=O)C12CCN(C(=O)c1ccc(C#N)cc1)CC2. The highest BCUT2D eigenvalue weighted by molar-refractivity contribution is 6.07. The maximum atomic E-state index is 13.1. The third-order valence-corrected chi connectivity index (χ3v) is 5.63. The highest BCUT2D eigenvalue weighted by Gasteiger charge is 2.57. The largest absolute Gasteiger partial charge is 0.395 e. The Hall–Kier alpha value is -2.92. The van der Waals surface area contributed by atoms with Gasteiger partial charge in [0.15, 0.2) is 0 Å². The van der Waals surface area contributed by atoms with E-state index in [2.05, 4.69) is 0 Å². The van der Waals surface area contributed by atoms with Crippen LogP contribution in [-0.4, -0.2) is 76.0 Å². The van der Waals surface area contributed by atoms with Crippen LogP contribution in [0.1, 0.15) is 42.6 Å². The lowest BCUT2D eigenvalue weighted by Gasteiger charge is -2.42. The molecule has 0 atom stereocenters. The molecule has 0 aromatic heterocycles. The van der Waals surface area contributed by atoms with E-state index in [1.807, 2.05) is 19.9 Å². The van der Waals surface area contributed by atoms with Crippen LogP contribution >= 0.6 is 0 Å². The molecule has 2 heterocycles. The topological polar surface area (TPSA) is 105 Å². The molecule has 1 spiro atoms. The molecule has 154 valence electrons. The number of urea groups is 1. The van der Waals surface area contributed by atoms with Gasteiger partial charge >= 0.3 is 6.03 Å². The minimum atomic E-state index is -0.946. The number of amides is 4. The maximum absolute atomic E-state index is 13.1. The number of hydrogen-bond donors (Lipinski definition) is 1. The number of nitrogens with zero attached hydrogens (tertiary/aromatic N) is 4. The molecule has 2 aliphatic heterocycles. The molecule has 1 aromatic rings. The summed E-state index contributed by atoms with van der Waals surface area (Å²) >= 11 is 0. The molecule has 0 bridgehead atoms. The van der Waals surface area contributed by atoms with Crippen LogP contribution in [0.3, 0.4) is 0 Å². The molecular formula is C21H26N4O4. The van der Waals surface area contributed by atoms with Crippen molar-refractivity contribution in [3.63, 3.8) is 0 Å². The minimum absolute atomic E-state index is 0.0120. The molecule has 0 radical (unpaired) electrons. The molecule has 2 aliphatic rings. The Kier molecular flexibility index (Phi) is 5.89. The summed E-state index contributed by atoms with van der Waals surface area (Å²) < 4.78 is 0. The molecule has 2 fully saturated rings. The van der Waals surface area contributed by atoms with E-state index in [0.29, 0.717) is 43.6 Å². The Bertz CT molecular complexity index is 835. The zero-order valence-corrected chi connectivity index (χ0v) is 16.8. The Labute approximate surface area is 170 Å². The first-order valence-electron chi connectivity index (χ1n) is 9.88. The molecule has 0 unspecified atom stereocenters. The minimum Gasteiger partial charge on any atom is -0.395 e. The van der Waals surface area contributed by atoms with Crippen LogP contribution in [-0.2, 0) is 4.79 Å². The second kappa shape index (κ2) is 8.21. The van der Waals surface area contributed by atoms with Gasteiger partial charge in [0.25, 0.3) is 11.8 Å². The van der Waals surface area contributed by atoms with Gasteiger partial charge in [0.1, 0.15) is 5.54 Å². The molecule has 29 heavy (non-hydrogen) atoms. The molecule has 8 heteroatoms. The number of benzene rings is 1. The van der Waals surface area contributed by atoms with Gasteiger partial charge in [0.2, 0.25) is 0 Å². The Morgan fingerprint density at radius 1 is 1.21 bits per heavy atom. The Morgan fingerprint density at radius 3 is 2.34 bits per heavy atom. The normalized spacial score (nSPS) is 18.7. The van der Waals surface area contributed by atoms with Crippen molar-refractivity contribution in [1.29, 1.82) is 5.26 Å². The van der Waals surface area contributed by atoms with E-state index >= 15 is 0 Å². The summed E-state index contributed by atoms with van der Waals surface area (Å²) in [6, 6.07) is 8.14. The van der Waals surface area contributed by atoms with Crippen LogP contribution < -0.4 is 0 Å². The fourth-order valence-electron chi connectivity index (χ4n) is 4.13. The zero-order chi connectivity index (χ0) is 21.2. The molecule has 0 saturated carbocycles. The average molecular weight is 398 g/mol. The standard InChI is InChI=1S/C21H26N4O4/c1-15(2)14-25-20(29)24(11-12-26)19(28)21(25)7-9-23(10-8-21)18(27)17-5-3-16(13-22)4-6-17/h3-6,15,26H,7-12,14H2,1-2H3. The lowest BCUT2D eigenvalue weighted by Crippen LogP contribution is -2.58. The molecular weight excluding hydrogens is 372 g/mol. The lowest BCUT2D eigenvalue weighted by molar-refractivity contribution is -0.135. The van der Waals surface area contributed by atoms with Gasteiger partial charge in [0, 0.05) is 25.2 Å². The van der Waals surface area contributed by atoms with Crippen LogP contribution in [0.15, 0.2) is 24.3 Å². The summed E-state index contributed by atoms with van der Waals surface area (Å²) in [7, 11) is 0. The lowest BCUT2D eigenvalue weighted by atomic mass is 9.85.